The smallest absolute Gasteiger partial charge is 0.303 e. The molecule has 0 aliphatic rings. The summed E-state index contributed by atoms with van der Waals surface area (Å²) < 4.78 is 0. The van der Waals surface area contributed by atoms with Gasteiger partial charge in [-0.2, -0.15) is 0 Å². The van der Waals surface area contributed by atoms with Crippen molar-refractivity contribution in [1.82, 2.24) is 0 Å². The number of rotatable bonds is 6. The Kier molecular flexibility index (Phi) is 5.42. The second-order valence-electron chi connectivity index (χ2n) is 5.16. The number of benzene rings is 1. The first-order valence-electron chi connectivity index (χ1n) is 5.99. The molecule has 0 saturated carbocycles. The van der Waals surface area contributed by atoms with Crippen molar-refractivity contribution < 1.29 is 14.7 Å². The molecule has 0 fully saturated rings. The molecule has 1 aromatic carbocycles. The molecule has 19 heavy (non-hydrogen) atoms. The summed E-state index contributed by atoms with van der Waals surface area (Å²) >= 11 is 1.56. The minimum atomic E-state index is -0.887. The van der Waals surface area contributed by atoms with E-state index in [-0.39, 0.29) is 18.7 Å². The van der Waals surface area contributed by atoms with Crippen LogP contribution in [0.15, 0.2) is 29.2 Å². The predicted molar refractivity (Wildman–Crippen MR) is 77.5 cm³/mol. The van der Waals surface area contributed by atoms with E-state index in [0.717, 1.165) is 10.6 Å². The average Bonchev–Trinajstić information content (AvgIpc) is 2.26. The molecule has 0 unspecified atom stereocenters. The average molecular weight is 281 g/mol. The number of thioether (sulfide) groups is 1. The normalized spacial score (nSPS) is 11.1. The van der Waals surface area contributed by atoms with Crippen molar-refractivity contribution in [1.29, 1.82) is 0 Å². The lowest BCUT2D eigenvalue weighted by Crippen LogP contribution is -2.24. The minimum absolute atomic E-state index is 0.0232. The molecule has 0 spiro atoms. The Balaban J connectivity index is 2.67. The van der Waals surface area contributed by atoms with Crippen LogP contribution in [0.4, 0.5) is 5.69 Å². The van der Waals surface area contributed by atoms with E-state index in [2.05, 4.69) is 5.32 Å². The zero-order valence-corrected chi connectivity index (χ0v) is 12.2. The van der Waals surface area contributed by atoms with Gasteiger partial charge in [-0.05, 0) is 23.8 Å². The molecule has 1 amide bonds. The lowest BCUT2D eigenvalue weighted by Gasteiger charge is -2.21. The zero-order chi connectivity index (χ0) is 14.5. The molecule has 104 valence electrons. The van der Waals surface area contributed by atoms with Gasteiger partial charge in [0.15, 0.2) is 0 Å². The molecule has 1 aromatic rings. The van der Waals surface area contributed by atoms with Gasteiger partial charge in [0, 0.05) is 11.3 Å². The Morgan fingerprint density at radius 2 is 1.89 bits per heavy atom. The van der Waals surface area contributed by atoms with Crippen molar-refractivity contribution in [3.8, 4) is 0 Å². The van der Waals surface area contributed by atoms with E-state index in [1.807, 2.05) is 30.5 Å². The molecular formula is C14H19NO3S. The van der Waals surface area contributed by atoms with Gasteiger partial charge < -0.3 is 10.4 Å². The van der Waals surface area contributed by atoms with E-state index in [0.29, 0.717) is 0 Å². The van der Waals surface area contributed by atoms with Crippen LogP contribution in [-0.2, 0) is 9.59 Å². The van der Waals surface area contributed by atoms with Crippen LogP contribution in [0.25, 0.3) is 0 Å². The fourth-order valence-electron chi connectivity index (χ4n) is 1.85. The second kappa shape index (κ2) is 6.61. The van der Waals surface area contributed by atoms with Crippen molar-refractivity contribution >= 4 is 29.3 Å². The Labute approximate surface area is 117 Å². The van der Waals surface area contributed by atoms with Crippen LogP contribution >= 0.6 is 11.8 Å². The summed E-state index contributed by atoms with van der Waals surface area (Å²) in [6, 6.07) is 7.55. The quantitative estimate of drug-likeness (QED) is 0.786. The molecule has 2 N–H and O–H groups in total. The fraction of sp³-hybridized carbons (Fsp3) is 0.429. The lowest BCUT2D eigenvalue weighted by atomic mass is 9.85. The third kappa shape index (κ3) is 5.34. The van der Waals surface area contributed by atoms with Gasteiger partial charge in [0.1, 0.15) is 0 Å². The monoisotopic (exact) mass is 281 g/mol. The van der Waals surface area contributed by atoms with Gasteiger partial charge in [0.05, 0.1) is 12.1 Å². The van der Waals surface area contributed by atoms with Crippen molar-refractivity contribution in [2.45, 2.75) is 31.6 Å². The molecule has 0 atom stereocenters. The van der Waals surface area contributed by atoms with Crippen molar-refractivity contribution in [2.24, 2.45) is 5.41 Å². The highest BCUT2D eigenvalue weighted by atomic mass is 32.2. The first kappa shape index (κ1) is 15.6. The topological polar surface area (TPSA) is 66.4 Å². The molecule has 0 heterocycles. The summed E-state index contributed by atoms with van der Waals surface area (Å²) in [5, 5.41) is 11.6. The summed E-state index contributed by atoms with van der Waals surface area (Å²) in [6.07, 6.45) is 2.10. The molecule has 4 nitrogen and oxygen atoms in total. The van der Waals surface area contributed by atoms with Gasteiger partial charge in [-0.3, -0.25) is 9.59 Å². The first-order chi connectivity index (χ1) is 8.84. The maximum Gasteiger partial charge on any atom is 0.303 e. The number of hydrogen-bond donors (Lipinski definition) is 2. The van der Waals surface area contributed by atoms with Gasteiger partial charge in [-0.25, -0.2) is 0 Å². The number of para-hydroxylation sites is 1. The predicted octanol–water partition coefficient (Wildman–Crippen LogP) is 3.24. The minimum Gasteiger partial charge on any atom is -0.481 e. The molecule has 0 aromatic heterocycles. The number of carbonyl (C=O) groups is 2. The van der Waals surface area contributed by atoms with Crippen LogP contribution < -0.4 is 5.32 Å². The van der Waals surface area contributed by atoms with Gasteiger partial charge in [-0.15, -0.1) is 11.8 Å². The van der Waals surface area contributed by atoms with Crippen LogP contribution in [0.5, 0.6) is 0 Å². The van der Waals surface area contributed by atoms with Crippen LogP contribution in [0.3, 0.4) is 0 Å². The summed E-state index contributed by atoms with van der Waals surface area (Å²) in [4.78, 5) is 23.7. The third-order valence-electron chi connectivity index (χ3n) is 2.65. The number of anilines is 1. The number of hydrogen-bond acceptors (Lipinski definition) is 3. The maximum atomic E-state index is 12.0. The highest BCUT2D eigenvalue weighted by molar-refractivity contribution is 7.98. The van der Waals surface area contributed by atoms with Crippen LogP contribution in [0.2, 0.25) is 0 Å². The van der Waals surface area contributed by atoms with Crippen LogP contribution in [0.1, 0.15) is 26.7 Å². The van der Waals surface area contributed by atoms with E-state index in [4.69, 9.17) is 5.11 Å². The van der Waals surface area contributed by atoms with Crippen LogP contribution in [-0.4, -0.2) is 23.2 Å². The summed E-state index contributed by atoms with van der Waals surface area (Å²) in [5.74, 6) is -1.05. The number of nitrogens with one attached hydrogen (secondary N) is 1. The van der Waals surface area contributed by atoms with Gasteiger partial charge in [-0.1, -0.05) is 26.0 Å². The number of carboxylic acid groups (broad SMARTS) is 1. The Morgan fingerprint density at radius 1 is 1.26 bits per heavy atom. The van der Waals surface area contributed by atoms with Crippen molar-refractivity contribution in [2.75, 3.05) is 11.6 Å². The number of carboxylic acids is 1. The van der Waals surface area contributed by atoms with E-state index >= 15 is 0 Å². The molecule has 0 aliphatic heterocycles. The van der Waals surface area contributed by atoms with E-state index in [9.17, 15) is 9.59 Å². The highest BCUT2D eigenvalue weighted by Gasteiger charge is 2.25. The largest absolute Gasteiger partial charge is 0.481 e. The molecule has 0 radical (unpaired) electrons. The second-order valence-corrected chi connectivity index (χ2v) is 6.01. The van der Waals surface area contributed by atoms with Crippen LogP contribution in [0, 0.1) is 5.41 Å². The van der Waals surface area contributed by atoms with Gasteiger partial charge >= 0.3 is 5.97 Å². The highest BCUT2D eigenvalue weighted by Crippen LogP contribution is 2.28. The number of amides is 1. The third-order valence-corrected chi connectivity index (χ3v) is 3.45. The standard InChI is InChI=1S/C14H19NO3S/c1-14(2,9-13(17)18)8-12(16)15-10-6-4-5-7-11(10)19-3/h4-7H,8-9H2,1-3H3,(H,15,16)(H,17,18). The Morgan fingerprint density at radius 3 is 2.47 bits per heavy atom. The molecule has 0 saturated heterocycles. The fourth-order valence-corrected chi connectivity index (χ4v) is 2.40. The summed E-state index contributed by atoms with van der Waals surface area (Å²) in [7, 11) is 0. The van der Waals surface area contributed by atoms with E-state index in [1.54, 1.807) is 25.6 Å². The molecule has 0 bridgehead atoms. The van der Waals surface area contributed by atoms with Crippen molar-refractivity contribution in [3.63, 3.8) is 0 Å². The molecule has 1 rings (SSSR count). The van der Waals surface area contributed by atoms with Crippen molar-refractivity contribution in [3.05, 3.63) is 24.3 Å². The zero-order valence-electron chi connectivity index (χ0n) is 11.4. The summed E-state index contributed by atoms with van der Waals surface area (Å²) in [6.45, 7) is 3.56. The maximum absolute atomic E-state index is 12.0. The van der Waals surface area contributed by atoms with Gasteiger partial charge in [0.25, 0.3) is 0 Å². The van der Waals surface area contributed by atoms with E-state index in [1.165, 1.54) is 0 Å². The molecule has 0 aliphatic carbocycles. The molecule has 5 heteroatoms. The lowest BCUT2D eigenvalue weighted by molar-refractivity contribution is -0.139. The number of carbonyl (C=O) groups excluding carboxylic acids is 1. The Bertz CT molecular complexity index is 472. The van der Waals surface area contributed by atoms with Gasteiger partial charge in [0.2, 0.25) is 5.91 Å². The Hall–Kier alpha value is -1.49. The van der Waals surface area contributed by atoms with E-state index < -0.39 is 11.4 Å². The molecular weight excluding hydrogens is 262 g/mol. The first-order valence-corrected chi connectivity index (χ1v) is 7.21. The number of aliphatic carboxylic acids is 1. The summed E-state index contributed by atoms with van der Waals surface area (Å²) in [5.41, 5.74) is 0.218. The SMILES string of the molecule is CSc1ccccc1NC(=O)CC(C)(C)CC(=O)O.